The number of piperazine rings is 1. The Kier molecular flexibility index (Phi) is 6.98. The number of amides is 1. The number of fused-ring (bicyclic) bond motifs is 1. The normalized spacial score (nSPS) is 21.0. The second kappa shape index (κ2) is 10.1. The van der Waals surface area contributed by atoms with Gasteiger partial charge in [0.1, 0.15) is 29.6 Å². The molecule has 2 aromatic carbocycles. The SMILES string of the molecule is N=CC(=C(OC1Cc2ccccc2CC1F)C(=O)Nc1cc(F)cc(F)c1)N1CCNCC1. The third-order valence-electron chi connectivity index (χ3n) is 5.78. The lowest BCUT2D eigenvalue weighted by Crippen LogP contribution is -2.45. The molecule has 33 heavy (non-hydrogen) atoms. The number of nitrogens with zero attached hydrogens (tertiary/aromatic N) is 1. The van der Waals surface area contributed by atoms with E-state index in [9.17, 15) is 13.6 Å². The van der Waals surface area contributed by atoms with Gasteiger partial charge in [0, 0.05) is 57.0 Å². The van der Waals surface area contributed by atoms with Crippen molar-refractivity contribution in [1.29, 1.82) is 5.41 Å². The number of hydrogen-bond acceptors (Lipinski definition) is 5. The fraction of sp³-hybridized carbons (Fsp3) is 0.333. The molecule has 0 spiro atoms. The summed E-state index contributed by atoms with van der Waals surface area (Å²) in [6, 6.07) is 10.1. The molecule has 4 rings (SSSR count). The van der Waals surface area contributed by atoms with Gasteiger partial charge in [0.2, 0.25) is 5.76 Å². The van der Waals surface area contributed by atoms with Gasteiger partial charge in [0.15, 0.2) is 0 Å². The van der Waals surface area contributed by atoms with Gasteiger partial charge in [0.05, 0.1) is 0 Å². The maximum absolute atomic E-state index is 15.0. The standard InChI is InChI=1S/C24H25F3N4O2/c25-17-11-18(26)13-19(12-17)30-24(32)23(21(14-28)31-7-5-29-6-8-31)33-22-10-16-4-2-1-3-15(16)9-20(22)27/h1-4,11-14,20,22,28-29H,5-10H2,(H,30,32). The van der Waals surface area contributed by atoms with Crippen molar-refractivity contribution in [2.45, 2.75) is 25.1 Å². The van der Waals surface area contributed by atoms with Gasteiger partial charge in [-0.15, -0.1) is 0 Å². The Labute approximate surface area is 189 Å². The molecule has 3 N–H and O–H groups in total. The molecule has 1 amide bonds. The summed E-state index contributed by atoms with van der Waals surface area (Å²) >= 11 is 0. The number of halogens is 3. The van der Waals surface area contributed by atoms with Crippen molar-refractivity contribution in [3.8, 4) is 0 Å². The Morgan fingerprint density at radius 3 is 2.36 bits per heavy atom. The van der Waals surface area contributed by atoms with Crippen LogP contribution in [0, 0.1) is 17.0 Å². The molecule has 6 nitrogen and oxygen atoms in total. The lowest BCUT2D eigenvalue weighted by Gasteiger charge is -2.33. The molecule has 2 atom stereocenters. The molecule has 0 saturated carbocycles. The average Bonchev–Trinajstić information content (AvgIpc) is 2.79. The first kappa shape index (κ1) is 22.8. The molecule has 1 saturated heterocycles. The van der Waals surface area contributed by atoms with Crippen LogP contribution in [-0.2, 0) is 22.4 Å². The Balaban J connectivity index is 1.65. The number of hydrogen-bond donors (Lipinski definition) is 3. The van der Waals surface area contributed by atoms with E-state index in [0.717, 1.165) is 29.5 Å². The molecule has 1 fully saturated rings. The van der Waals surface area contributed by atoms with Crippen LogP contribution >= 0.6 is 0 Å². The van der Waals surface area contributed by atoms with Crippen molar-refractivity contribution in [2.24, 2.45) is 0 Å². The second-order valence-electron chi connectivity index (χ2n) is 8.06. The zero-order valence-electron chi connectivity index (χ0n) is 17.9. The molecule has 0 aromatic heterocycles. The number of allylic oxidation sites excluding steroid dienone is 1. The number of alkyl halides is 1. The fourth-order valence-corrected chi connectivity index (χ4v) is 4.16. The van der Waals surface area contributed by atoms with Gasteiger partial charge >= 0.3 is 0 Å². The molecule has 1 heterocycles. The van der Waals surface area contributed by atoms with Crippen molar-refractivity contribution in [1.82, 2.24) is 10.2 Å². The third-order valence-corrected chi connectivity index (χ3v) is 5.78. The zero-order valence-corrected chi connectivity index (χ0v) is 17.9. The van der Waals surface area contributed by atoms with Gasteiger partial charge in [-0.3, -0.25) is 4.79 Å². The summed E-state index contributed by atoms with van der Waals surface area (Å²) in [5.74, 6) is -2.75. The van der Waals surface area contributed by atoms with Crippen LogP contribution in [0.5, 0.6) is 0 Å². The Morgan fingerprint density at radius 1 is 1.09 bits per heavy atom. The predicted octanol–water partition coefficient (Wildman–Crippen LogP) is 3.19. The monoisotopic (exact) mass is 458 g/mol. The quantitative estimate of drug-likeness (QED) is 0.353. The van der Waals surface area contributed by atoms with Crippen molar-refractivity contribution in [3.63, 3.8) is 0 Å². The summed E-state index contributed by atoms with van der Waals surface area (Å²) in [6.45, 7) is 2.33. The fourth-order valence-electron chi connectivity index (χ4n) is 4.16. The van der Waals surface area contributed by atoms with Gasteiger partial charge in [-0.25, -0.2) is 13.2 Å². The summed E-state index contributed by atoms with van der Waals surface area (Å²) < 4.78 is 48.2. The van der Waals surface area contributed by atoms with Crippen LogP contribution in [0.15, 0.2) is 53.9 Å². The number of carbonyl (C=O) groups excluding carboxylic acids is 1. The average molecular weight is 458 g/mol. The molecule has 1 aliphatic heterocycles. The zero-order chi connectivity index (χ0) is 23.4. The number of nitrogens with one attached hydrogen (secondary N) is 3. The van der Waals surface area contributed by atoms with E-state index in [1.54, 1.807) is 4.90 Å². The smallest absolute Gasteiger partial charge is 0.293 e. The highest BCUT2D eigenvalue weighted by Crippen LogP contribution is 2.28. The summed E-state index contributed by atoms with van der Waals surface area (Å²) in [5.41, 5.74) is 1.91. The lowest BCUT2D eigenvalue weighted by atomic mass is 9.88. The maximum atomic E-state index is 15.0. The van der Waals surface area contributed by atoms with Crippen LogP contribution in [0.1, 0.15) is 11.1 Å². The second-order valence-corrected chi connectivity index (χ2v) is 8.06. The van der Waals surface area contributed by atoms with Crippen molar-refractivity contribution in [3.05, 3.63) is 76.7 Å². The number of benzene rings is 2. The minimum atomic E-state index is -1.36. The van der Waals surface area contributed by atoms with Crippen LogP contribution < -0.4 is 10.6 Å². The van der Waals surface area contributed by atoms with Crippen LogP contribution in [0.25, 0.3) is 0 Å². The molecule has 174 valence electrons. The summed E-state index contributed by atoms with van der Waals surface area (Å²) in [4.78, 5) is 15.0. The number of ether oxygens (including phenoxy) is 1. The van der Waals surface area contributed by atoms with Crippen molar-refractivity contribution in [2.75, 3.05) is 31.5 Å². The minimum absolute atomic E-state index is 0.103. The molecule has 9 heteroatoms. The van der Waals surface area contributed by atoms with Crippen LogP contribution in [0.4, 0.5) is 18.9 Å². The minimum Gasteiger partial charge on any atom is -0.479 e. The van der Waals surface area contributed by atoms with Gasteiger partial charge in [-0.1, -0.05) is 24.3 Å². The van der Waals surface area contributed by atoms with E-state index < -0.39 is 29.8 Å². The number of anilines is 1. The highest BCUT2D eigenvalue weighted by Gasteiger charge is 2.33. The molecule has 2 aromatic rings. The van der Waals surface area contributed by atoms with E-state index >= 15 is 4.39 Å². The van der Waals surface area contributed by atoms with Crippen LogP contribution in [0.2, 0.25) is 0 Å². The molecular weight excluding hydrogens is 433 g/mol. The first-order valence-corrected chi connectivity index (χ1v) is 10.8. The Morgan fingerprint density at radius 2 is 1.73 bits per heavy atom. The highest BCUT2D eigenvalue weighted by atomic mass is 19.1. The topological polar surface area (TPSA) is 77.5 Å². The van der Waals surface area contributed by atoms with Crippen molar-refractivity contribution >= 4 is 17.8 Å². The predicted molar refractivity (Wildman–Crippen MR) is 119 cm³/mol. The summed E-state index contributed by atoms with van der Waals surface area (Å²) in [5, 5.41) is 13.6. The molecule has 2 aliphatic rings. The Bertz CT molecular complexity index is 1050. The van der Waals surface area contributed by atoms with Crippen molar-refractivity contribution < 1.29 is 22.7 Å². The number of carbonyl (C=O) groups is 1. The van der Waals surface area contributed by atoms with Gasteiger partial charge in [-0.2, -0.15) is 0 Å². The van der Waals surface area contributed by atoms with Gasteiger partial charge in [-0.05, 0) is 23.3 Å². The van der Waals surface area contributed by atoms with E-state index in [4.69, 9.17) is 10.1 Å². The first-order chi connectivity index (χ1) is 15.9. The highest BCUT2D eigenvalue weighted by molar-refractivity contribution is 6.05. The number of rotatable bonds is 6. The summed E-state index contributed by atoms with van der Waals surface area (Å²) in [6.07, 6.45) is -0.892. The summed E-state index contributed by atoms with van der Waals surface area (Å²) in [7, 11) is 0. The van der Waals surface area contributed by atoms with E-state index in [1.807, 2.05) is 24.3 Å². The molecule has 0 bridgehead atoms. The van der Waals surface area contributed by atoms with Gasteiger partial charge in [0.25, 0.3) is 5.91 Å². The third kappa shape index (κ3) is 5.36. The maximum Gasteiger partial charge on any atom is 0.293 e. The van der Waals surface area contributed by atoms with Crippen LogP contribution in [0.3, 0.4) is 0 Å². The van der Waals surface area contributed by atoms with E-state index in [2.05, 4.69) is 10.6 Å². The first-order valence-electron chi connectivity index (χ1n) is 10.8. The molecular formula is C24H25F3N4O2. The molecule has 1 aliphatic carbocycles. The van der Waals surface area contributed by atoms with Crippen LogP contribution in [-0.4, -0.2) is 55.5 Å². The van der Waals surface area contributed by atoms with E-state index in [0.29, 0.717) is 32.2 Å². The Hall–Kier alpha value is -3.33. The van der Waals surface area contributed by atoms with E-state index in [-0.39, 0.29) is 30.0 Å². The van der Waals surface area contributed by atoms with Gasteiger partial charge < -0.3 is 25.7 Å². The molecule has 0 radical (unpaired) electrons. The largest absolute Gasteiger partial charge is 0.479 e. The lowest BCUT2D eigenvalue weighted by molar-refractivity contribution is -0.118. The van der Waals surface area contributed by atoms with E-state index in [1.165, 1.54) is 0 Å². The molecule has 2 unspecified atom stereocenters.